The van der Waals surface area contributed by atoms with Gasteiger partial charge in [-0.05, 0) is 11.6 Å². The maximum atomic E-state index is 12.4. The average molecular weight is 329 g/mol. The van der Waals surface area contributed by atoms with Crippen molar-refractivity contribution in [1.29, 1.82) is 0 Å². The summed E-state index contributed by atoms with van der Waals surface area (Å²) in [6, 6.07) is 9.70. The van der Waals surface area contributed by atoms with Gasteiger partial charge in [0.15, 0.2) is 4.21 Å². The van der Waals surface area contributed by atoms with Gasteiger partial charge in [-0.2, -0.15) is 8.42 Å². The molecule has 1 aliphatic heterocycles. The van der Waals surface area contributed by atoms with E-state index in [0.717, 1.165) is 21.2 Å². The van der Waals surface area contributed by atoms with Gasteiger partial charge in [-0.25, -0.2) is 9.10 Å². The predicted molar refractivity (Wildman–Crippen MR) is 77.5 cm³/mol. The molecule has 1 N–H and O–H groups in total. The van der Waals surface area contributed by atoms with Crippen LogP contribution < -0.4 is 5.32 Å². The van der Waals surface area contributed by atoms with Crippen molar-refractivity contribution in [2.75, 3.05) is 5.32 Å². The van der Waals surface area contributed by atoms with Gasteiger partial charge in [0.1, 0.15) is 0 Å². The van der Waals surface area contributed by atoms with Gasteiger partial charge in [0, 0.05) is 0 Å². The maximum absolute atomic E-state index is 12.4. The van der Waals surface area contributed by atoms with E-state index in [1.54, 1.807) is 24.3 Å². The van der Waals surface area contributed by atoms with E-state index < -0.39 is 16.1 Å². The number of thiophene rings is 1. The first-order chi connectivity index (χ1) is 9.48. The van der Waals surface area contributed by atoms with E-state index in [1.807, 2.05) is 6.07 Å². The Morgan fingerprint density at radius 1 is 1.25 bits per heavy atom. The van der Waals surface area contributed by atoms with Crippen LogP contribution in [-0.2, 0) is 16.6 Å². The minimum absolute atomic E-state index is 0.00995. The normalized spacial score (nSPS) is 16.6. The van der Waals surface area contributed by atoms with Gasteiger partial charge in [0.25, 0.3) is 10.0 Å². The summed E-state index contributed by atoms with van der Waals surface area (Å²) in [4.78, 5) is 12.0. The predicted octanol–water partition coefficient (Wildman–Crippen LogP) is 3.14. The number of carbonyl (C=O) groups excluding carboxylic acids is 1. The highest BCUT2D eigenvalue weighted by Crippen LogP contribution is 2.39. The number of nitrogens with zero attached hydrogens (tertiary/aromatic N) is 1. The molecule has 8 heteroatoms. The summed E-state index contributed by atoms with van der Waals surface area (Å²) in [6.45, 7) is -0.00995. The van der Waals surface area contributed by atoms with Gasteiger partial charge >= 0.3 is 6.03 Å². The fraction of sp³-hybridized carbons (Fsp3) is 0.0833. The largest absolute Gasteiger partial charge is 0.336 e. The van der Waals surface area contributed by atoms with E-state index in [-0.39, 0.29) is 16.4 Å². The van der Waals surface area contributed by atoms with Crippen molar-refractivity contribution in [1.82, 2.24) is 4.31 Å². The molecule has 0 radical (unpaired) electrons. The van der Waals surface area contributed by atoms with Crippen molar-refractivity contribution in [3.05, 3.63) is 46.3 Å². The monoisotopic (exact) mass is 328 g/mol. The number of nitrogens with one attached hydrogen (secondary N) is 1. The lowest BCUT2D eigenvalue weighted by molar-refractivity contribution is 0.234. The van der Waals surface area contributed by atoms with Crippen LogP contribution in [0.25, 0.3) is 0 Å². The molecule has 1 aromatic carbocycles. The Bertz CT molecular complexity index is 771. The summed E-state index contributed by atoms with van der Waals surface area (Å²) in [6.07, 6.45) is 0. The van der Waals surface area contributed by atoms with Crippen molar-refractivity contribution < 1.29 is 13.2 Å². The van der Waals surface area contributed by atoms with Crippen molar-refractivity contribution in [3.63, 3.8) is 0 Å². The number of rotatable bonds is 2. The molecule has 2 heterocycles. The Labute approximate surface area is 124 Å². The van der Waals surface area contributed by atoms with Gasteiger partial charge in [-0.3, -0.25) is 0 Å². The molecule has 5 nitrogen and oxygen atoms in total. The number of amides is 2. The average Bonchev–Trinajstić information content (AvgIpc) is 2.77. The van der Waals surface area contributed by atoms with Crippen LogP contribution in [0.4, 0.5) is 10.5 Å². The first-order valence-electron chi connectivity index (χ1n) is 5.65. The van der Waals surface area contributed by atoms with Gasteiger partial charge < -0.3 is 5.32 Å². The molecule has 20 heavy (non-hydrogen) atoms. The molecule has 0 saturated carbocycles. The standard InChI is InChI=1S/C12H9ClN2O3S2/c13-10-6-9-11(19-10)20(17,18)15(12(16)14-9)7-8-4-2-1-3-5-8/h1-6H,7H2,(H,14,16). The van der Waals surface area contributed by atoms with Gasteiger partial charge in [0.2, 0.25) is 0 Å². The third kappa shape index (κ3) is 2.17. The van der Waals surface area contributed by atoms with Gasteiger partial charge in [0.05, 0.1) is 16.6 Å². The number of hydrogen-bond acceptors (Lipinski definition) is 4. The molecule has 0 atom stereocenters. The number of carbonyl (C=O) groups is 1. The number of benzene rings is 1. The minimum atomic E-state index is -3.85. The van der Waals surface area contributed by atoms with E-state index in [2.05, 4.69) is 5.32 Å². The van der Waals surface area contributed by atoms with Crippen molar-refractivity contribution in [2.45, 2.75) is 10.8 Å². The molecular weight excluding hydrogens is 320 g/mol. The molecule has 2 aromatic rings. The first-order valence-corrected chi connectivity index (χ1v) is 8.29. The fourth-order valence-electron chi connectivity index (χ4n) is 1.92. The summed E-state index contributed by atoms with van der Waals surface area (Å²) >= 11 is 6.75. The summed E-state index contributed by atoms with van der Waals surface area (Å²) in [5.74, 6) is 0. The molecule has 0 aliphatic carbocycles. The lowest BCUT2D eigenvalue weighted by atomic mass is 10.2. The number of halogens is 1. The molecule has 1 aliphatic rings. The van der Waals surface area contributed by atoms with Crippen LogP contribution in [0.2, 0.25) is 4.34 Å². The van der Waals surface area contributed by atoms with Crippen LogP contribution in [0.3, 0.4) is 0 Å². The van der Waals surface area contributed by atoms with Gasteiger partial charge in [-0.1, -0.05) is 41.9 Å². The summed E-state index contributed by atoms with van der Waals surface area (Å²) in [5, 5.41) is 2.54. The maximum Gasteiger partial charge on any atom is 0.336 e. The lowest BCUT2D eigenvalue weighted by Crippen LogP contribution is -2.42. The fourth-order valence-corrected chi connectivity index (χ4v) is 5.10. The number of fused-ring (bicyclic) bond motifs is 1. The zero-order chi connectivity index (χ0) is 14.3. The molecule has 0 fully saturated rings. The topological polar surface area (TPSA) is 66.5 Å². The third-order valence-corrected chi connectivity index (χ3v) is 6.33. The summed E-state index contributed by atoms with van der Waals surface area (Å²) in [7, 11) is -3.85. The number of hydrogen-bond donors (Lipinski definition) is 1. The van der Waals surface area contributed by atoms with E-state index in [4.69, 9.17) is 11.6 Å². The number of sulfonamides is 1. The smallest absolute Gasteiger partial charge is 0.305 e. The molecule has 2 amide bonds. The molecule has 104 valence electrons. The second-order valence-corrected chi connectivity index (χ2v) is 7.92. The Kier molecular flexibility index (Phi) is 3.19. The zero-order valence-electron chi connectivity index (χ0n) is 10.0. The quantitative estimate of drug-likeness (QED) is 0.921. The SMILES string of the molecule is O=C1Nc2cc(Cl)sc2S(=O)(=O)N1Cc1ccccc1. The van der Waals surface area contributed by atoms with Crippen molar-refractivity contribution >= 4 is 44.7 Å². The van der Waals surface area contributed by atoms with Crippen molar-refractivity contribution in [3.8, 4) is 0 Å². The first kappa shape index (κ1) is 13.4. The van der Waals surface area contributed by atoms with Crippen LogP contribution in [-0.4, -0.2) is 18.8 Å². The highest BCUT2D eigenvalue weighted by molar-refractivity contribution is 7.92. The Morgan fingerprint density at radius 2 is 1.95 bits per heavy atom. The molecule has 0 unspecified atom stereocenters. The van der Waals surface area contributed by atoms with E-state index in [1.165, 1.54) is 6.07 Å². The molecule has 0 spiro atoms. The van der Waals surface area contributed by atoms with E-state index in [9.17, 15) is 13.2 Å². The third-order valence-electron chi connectivity index (χ3n) is 2.83. The molecule has 0 bridgehead atoms. The van der Waals surface area contributed by atoms with E-state index in [0.29, 0.717) is 4.34 Å². The zero-order valence-corrected chi connectivity index (χ0v) is 12.4. The highest BCUT2D eigenvalue weighted by atomic mass is 35.5. The Morgan fingerprint density at radius 3 is 2.65 bits per heavy atom. The Hall–Kier alpha value is -1.57. The highest BCUT2D eigenvalue weighted by Gasteiger charge is 2.38. The second-order valence-electron chi connectivity index (χ2n) is 4.18. The molecule has 3 rings (SSSR count). The van der Waals surface area contributed by atoms with Crippen LogP contribution in [0.1, 0.15) is 5.56 Å². The van der Waals surface area contributed by atoms with E-state index >= 15 is 0 Å². The molecular formula is C12H9ClN2O3S2. The lowest BCUT2D eigenvalue weighted by Gasteiger charge is -2.26. The number of urea groups is 1. The van der Waals surface area contributed by atoms with Crippen LogP contribution >= 0.6 is 22.9 Å². The molecule has 0 saturated heterocycles. The van der Waals surface area contributed by atoms with Crippen molar-refractivity contribution in [2.24, 2.45) is 0 Å². The second kappa shape index (κ2) is 4.76. The van der Waals surface area contributed by atoms with Crippen LogP contribution in [0.15, 0.2) is 40.6 Å². The molecule has 1 aromatic heterocycles. The summed E-state index contributed by atoms with van der Waals surface area (Å²) < 4.78 is 26.1. The minimum Gasteiger partial charge on any atom is -0.305 e. The summed E-state index contributed by atoms with van der Waals surface area (Å²) in [5.41, 5.74) is 0.978. The van der Waals surface area contributed by atoms with Crippen LogP contribution in [0, 0.1) is 0 Å². The van der Waals surface area contributed by atoms with Gasteiger partial charge in [-0.15, -0.1) is 11.3 Å². The Balaban J connectivity index is 2.02. The van der Waals surface area contributed by atoms with Crippen LogP contribution in [0.5, 0.6) is 0 Å². The number of anilines is 1.